The second kappa shape index (κ2) is 22.5. The summed E-state index contributed by atoms with van der Waals surface area (Å²) in [5.74, 6) is -0.169. The molecule has 4 fully saturated rings. The zero-order valence-electron chi connectivity index (χ0n) is 45.6. The fourth-order valence-corrected chi connectivity index (χ4v) is 13.1. The van der Waals surface area contributed by atoms with E-state index in [-0.39, 0.29) is 52.2 Å². The van der Waals surface area contributed by atoms with Crippen LogP contribution in [0.4, 0.5) is 10.2 Å². The highest BCUT2D eigenvalue weighted by Crippen LogP contribution is 2.41. The number of piperidine rings is 1. The fraction of sp³-hybridized carbons (Fsp3) is 0.483. The van der Waals surface area contributed by atoms with E-state index in [2.05, 4.69) is 56.6 Å². The quantitative estimate of drug-likeness (QED) is 0.0738. The third-order valence-corrected chi connectivity index (χ3v) is 17.8. The average Bonchev–Trinajstić information content (AvgIpc) is 4.31. The molecular weight excluding hydrogens is 1010 g/mol. The molecule has 16 nitrogen and oxygen atoms in total. The van der Waals surface area contributed by atoms with E-state index in [1.807, 2.05) is 63.5 Å². The second-order valence-corrected chi connectivity index (χ2v) is 23.5. The molecule has 8 heterocycles. The minimum Gasteiger partial charge on any atom is -0.508 e. The maximum Gasteiger partial charge on any atom is 0.319 e. The molecule has 3 aromatic carbocycles. The summed E-state index contributed by atoms with van der Waals surface area (Å²) in [7, 11) is 0. The molecule has 5 atom stereocenters. The van der Waals surface area contributed by atoms with E-state index in [1.54, 1.807) is 40.6 Å². The Morgan fingerprint density at radius 2 is 1.76 bits per heavy atom. The Labute approximate surface area is 459 Å². The van der Waals surface area contributed by atoms with E-state index in [4.69, 9.17) is 28.9 Å². The summed E-state index contributed by atoms with van der Waals surface area (Å²) in [6.45, 7) is 17.5. The number of ether oxygens (including phenoxy) is 2. The van der Waals surface area contributed by atoms with Crippen LogP contribution >= 0.6 is 11.3 Å². The van der Waals surface area contributed by atoms with Crippen LogP contribution in [0.15, 0.2) is 76.9 Å². The molecule has 410 valence electrons. The van der Waals surface area contributed by atoms with E-state index >= 15 is 4.39 Å². The van der Waals surface area contributed by atoms with Gasteiger partial charge in [-0.25, -0.2) is 9.37 Å². The molecule has 5 unspecified atom stereocenters. The van der Waals surface area contributed by atoms with Gasteiger partial charge in [-0.15, -0.1) is 11.3 Å². The van der Waals surface area contributed by atoms with Crippen molar-refractivity contribution in [2.24, 2.45) is 11.3 Å². The van der Waals surface area contributed by atoms with Gasteiger partial charge in [0.1, 0.15) is 41.3 Å². The van der Waals surface area contributed by atoms with E-state index in [0.717, 1.165) is 109 Å². The van der Waals surface area contributed by atoms with E-state index in [9.17, 15) is 14.7 Å². The number of aryl methyl sites for hydroxylation is 2. The number of thiazole rings is 1. The highest BCUT2D eigenvalue weighted by atomic mass is 32.1. The van der Waals surface area contributed by atoms with Crippen molar-refractivity contribution in [2.45, 2.75) is 123 Å². The molecule has 3 N–H and O–H groups in total. The van der Waals surface area contributed by atoms with Crippen LogP contribution in [-0.2, 0) is 16.0 Å². The third-order valence-electron chi connectivity index (χ3n) is 16.9. The largest absolute Gasteiger partial charge is 0.508 e. The van der Waals surface area contributed by atoms with Crippen LogP contribution in [0.25, 0.3) is 43.4 Å². The normalized spacial score (nSPS) is 20.2. The van der Waals surface area contributed by atoms with Crippen molar-refractivity contribution in [2.75, 3.05) is 57.4 Å². The van der Waals surface area contributed by atoms with Crippen molar-refractivity contribution in [1.29, 1.82) is 0 Å². The maximum atomic E-state index is 17.1. The van der Waals surface area contributed by atoms with Crippen molar-refractivity contribution in [3.63, 3.8) is 0 Å². The Hall–Kier alpha value is -6.76. The van der Waals surface area contributed by atoms with Crippen molar-refractivity contribution in [3.05, 3.63) is 101 Å². The smallest absolute Gasteiger partial charge is 0.319 e. The van der Waals surface area contributed by atoms with Crippen LogP contribution < -0.4 is 25.0 Å². The minimum atomic E-state index is -0.621. The van der Waals surface area contributed by atoms with E-state index < -0.39 is 17.8 Å². The lowest BCUT2D eigenvalue weighted by molar-refractivity contribution is -0.141. The molecule has 0 radical (unpaired) electrons. The zero-order chi connectivity index (χ0) is 54.2. The number of carbonyl (C=O) groups excluding carboxylic acids is 2. The molecule has 2 bridgehead atoms. The lowest BCUT2D eigenvalue weighted by Gasteiger charge is -2.39. The monoisotopic (exact) mass is 1080 g/mol. The summed E-state index contributed by atoms with van der Waals surface area (Å²) >= 11 is 1.61. The number of phenolic OH excluding ortho intramolecular Hbond substituents is 1. The van der Waals surface area contributed by atoms with Gasteiger partial charge < -0.3 is 39.5 Å². The highest BCUT2D eigenvalue weighted by Gasteiger charge is 2.41. The summed E-state index contributed by atoms with van der Waals surface area (Å²) < 4.78 is 35.5. The first kappa shape index (κ1) is 53.3. The SMILES string of the molecule is CCc1cccc2cc(O)cc(-c3ncc4c(N5CC6CCC(C5)N6)nc(OCCN5CCC(C)(CCOc6cc(C(C(=O)N7CCCC7C(=O)NC(C)c7ccc(-c8scnc8C)cc7)C(C)C)on6)CC5)nc4c3F)c12. The first-order valence-electron chi connectivity index (χ1n) is 27.9. The number of amides is 2. The van der Waals surface area contributed by atoms with Crippen LogP contribution in [0.5, 0.6) is 17.6 Å². The van der Waals surface area contributed by atoms with Gasteiger partial charge in [-0.3, -0.25) is 19.5 Å². The van der Waals surface area contributed by atoms with Crippen molar-refractivity contribution < 1.29 is 33.1 Å². The number of hydrogen-bond donors (Lipinski definition) is 3. The summed E-state index contributed by atoms with van der Waals surface area (Å²) in [5, 5.41) is 24.1. The average molecular weight is 1080 g/mol. The Morgan fingerprint density at radius 3 is 2.49 bits per heavy atom. The molecule has 0 saturated carbocycles. The topological polar surface area (TPSA) is 184 Å². The molecule has 4 aliphatic rings. The minimum absolute atomic E-state index is 0.0364. The van der Waals surface area contributed by atoms with Crippen LogP contribution in [0.3, 0.4) is 0 Å². The van der Waals surface area contributed by atoms with Crippen LogP contribution in [0, 0.1) is 24.1 Å². The summed E-state index contributed by atoms with van der Waals surface area (Å²) in [4.78, 5) is 54.3. The number of fused-ring (bicyclic) bond motifs is 4. The Balaban J connectivity index is 0.688. The lowest BCUT2D eigenvalue weighted by atomic mass is 9.78. The van der Waals surface area contributed by atoms with Gasteiger partial charge in [0.15, 0.2) is 11.6 Å². The molecule has 11 rings (SSSR count). The molecule has 7 aromatic rings. The number of hydrogen-bond acceptors (Lipinski definition) is 15. The van der Waals surface area contributed by atoms with Crippen molar-refractivity contribution >= 4 is 50.6 Å². The molecular formula is C60H71FN10O6S. The summed E-state index contributed by atoms with van der Waals surface area (Å²) in [5.41, 5.74) is 6.79. The number of nitrogens with one attached hydrogen (secondary N) is 2. The number of halogens is 1. The van der Waals surface area contributed by atoms with Crippen LogP contribution in [-0.4, -0.2) is 122 Å². The molecule has 0 spiro atoms. The number of phenols is 1. The number of aromatic nitrogens is 5. The third kappa shape index (κ3) is 11.0. The number of aromatic hydroxyl groups is 1. The molecule has 4 aromatic heterocycles. The zero-order valence-corrected chi connectivity index (χ0v) is 46.4. The van der Waals surface area contributed by atoms with Gasteiger partial charge in [0.25, 0.3) is 5.88 Å². The molecule has 4 aliphatic heterocycles. The predicted molar refractivity (Wildman–Crippen MR) is 300 cm³/mol. The molecule has 4 saturated heterocycles. The van der Waals surface area contributed by atoms with Crippen molar-refractivity contribution in [3.8, 4) is 39.3 Å². The predicted octanol–water partition coefficient (Wildman–Crippen LogP) is 10.2. The van der Waals surface area contributed by atoms with Gasteiger partial charge in [0.2, 0.25) is 11.8 Å². The number of carbonyl (C=O) groups is 2. The maximum absolute atomic E-state index is 17.1. The Bertz CT molecular complexity index is 3290. The van der Waals surface area contributed by atoms with Gasteiger partial charge in [-0.05, 0) is 134 Å². The van der Waals surface area contributed by atoms with Gasteiger partial charge in [-0.1, -0.05) is 70.2 Å². The standard InChI is InChI=1S/C60H71FN10O6S/c1-7-38-10-8-11-41-28-44(72)29-45(51(38)41)53-52(61)54-46(31-62-53)56(70-32-42-17-18-43(33-70)65-42)67-59(66-54)76-27-25-69-23-19-60(6,20-24-69)21-26-75-49-30-48(77-68-49)50(35(2)3)58(74)71-22-9-12-47(71)57(73)64-36(4)39-13-15-40(16-14-39)55-37(5)63-34-78-55/h8,10-11,13-16,28-31,34-36,42-43,47,50,65,72H,7,9,12,17-27,32-33H2,1-6H3,(H,64,73). The van der Waals surface area contributed by atoms with Gasteiger partial charge in [-0.2, -0.15) is 9.97 Å². The van der Waals surface area contributed by atoms with Gasteiger partial charge >= 0.3 is 6.01 Å². The Morgan fingerprint density at radius 1 is 0.974 bits per heavy atom. The number of anilines is 1. The van der Waals surface area contributed by atoms with E-state index in [1.165, 1.54) is 0 Å². The van der Waals surface area contributed by atoms with E-state index in [0.29, 0.717) is 73.2 Å². The second-order valence-electron chi connectivity index (χ2n) is 22.6. The highest BCUT2D eigenvalue weighted by molar-refractivity contribution is 7.13. The molecule has 0 aliphatic carbocycles. The lowest BCUT2D eigenvalue weighted by Crippen LogP contribution is -2.51. The summed E-state index contributed by atoms with van der Waals surface area (Å²) in [6, 6.07) is 19.1. The van der Waals surface area contributed by atoms with Gasteiger partial charge in [0, 0.05) is 56.1 Å². The first-order chi connectivity index (χ1) is 37.7. The number of piperazine rings is 1. The fourth-order valence-electron chi connectivity index (χ4n) is 12.3. The first-order valence-corrected chi connectivity index (χ1v) is 28.8. The Kier molecular flexibility index (Phi) is 15.4. The molecule has 18 heteroatoms. The molecule has 78 heavy (non-hydrogen) atoms. The number of benzene rings is 3. The number of rotatable bonds is 18. The number of likely N-dealkylation sites (tertiary alicyclic amines) is 2. The van der Waals surface area contributed by atoms with Crippen LogP contribution in [0.2, 0.25) is 0 Å². The number of nitrogens with zero attached hydrogens (tertiary/aromatic N) is 8. The summed E-state index contributed by atoms with van der Waals surface area (Å²) in [6.07, 6.45) is 8.63. The molecule has 2 amide bonds. The van der Waals surface area contributed by atoms with Gasteiger partial charge in [0.05, 0.1) is 34.1 Å². The number of pyridine rings is 1. The van der Waals surface area contributed by atoms with Crippen molar-refractivity contribution in [1.82, 2.24) is 45.5 Å². The van der Waals surface area contributed by atoms with Crippen LogP contribution in [0.1, 0.15) is 114 Å².